The lowest BCUT2D eigenvalue weighted by molar-refractivity contribution is 0.617. The SMILES string of the molecule is CCCCCc1cc(C)c(C#Cc2ccc(Br)cc2F)c(F)c1. The van der Waals surface area contributed by atoms with Gasteiger partial charge in [-0.1, -0.05) is 53.6 Å². The average molecular weight is 377 g/mol. The van der Waals surface area contributed by atoms with Gasteiger partial charge in [0.15, 0.2) is 0 Å². The number of aryl methyl sites for hydroxylation is 2. The fourth-order valence-electron chi connectivity index (χ4n) is 2.42. The van der Waals surface area contributed by atoms with Gasteiger partial charge in [-0.3, -0.25) is 0 Å². The molecular formula is C20H19BrF2. The molecule has 2 rings (SSSR count). The molecule has 120 valence electrons. The molecule has 0 radical (unpaired) electrons. The minimum absolute atomic E-state index is 0.263. The first-order valence-corrected chi connectivity index (χ1v) is 8.56. The van der Waals surface area contributed by atoms with Gasteiger partial charge in [-0.25, -0.2) is 8.78 Å². The van der Waals surface area contributed by atoms with Crippen molar-refractivity contribution in [1.29, 1.82) is 0 Å². The van der Waals surface area contributed by atoms with Crippen LogP contribution in [0.5, 0.6) is 0 Å². The van der Waals surface area contributed by atoms with Crippen LogP contribution in [0.2, 0.25) is 0 Å². The third-order valence-electron chi connectivity index (χ3n) is 3.67. The Balaban J connectivity index is 2.25. The molecule has 0 atom stereocenters. The van der Waals surface area contributed by atoms with Crippen molar-refractivity contribution in [3.63, 3.8) is 0 Å². The molecule has 0 fully saturated rings. The highest BCUT2D eigenvalue weighted by Crippen LogP contribution is 2.18. The van der Waals surface area contributed by atoms with Crippen LogP contribution in [-0.2, 0) is 6.42 Å². The molecule has 0 aliphatic carbocycles. The number of hydrogen-bond donors (Lipinski definition) is 0. The van der Waals surface area contributed by atoms with Gasteiger partial charge in [0, 0.05) is 4.47 Å². The number of rotatable bonds is 4. The zero-order valence-corrected chi connectivity index (χ0v) is 14.9. The Hall–Kier alpha value is -1.66. The quantitative estimate of drug-likeness (QED) is 0.442. The predicted molar refractivity (Wildman–Crippen MR) is 94.4 cm³/mol. The monoisotopic (exact) mass is 376 g/mol. The van der Waals surface area contributed by atoms with E-state index in [-0.39, 0.29) is 11.4 Å². The van der Waals surface area contributed by atoms with E-state index in [2.05, 4.69) is 34.7 Å². The van der Waals surface area contributed by atoms with Crippen LogP contribution in [0.25, 0.3) is 0 Å². The smallest absolute Gasteiger partial charge is 0.139 e. The van der Waals surface area contributed by atoms with E-state index in [1.807, 2.05) is 13.0 Å². The number of halogens is 3. The third kappa shape index (κ3) is 4.91. The Labute approximate surface area is 145 Å². The molecule has 0 aromatic heterocycles. The maximum absolute atomic E-state index is 14.3. The number of hydrogen-bond acceptors (Lipinski definition) is 0. The molecule has 0 unspecified atom stereocenters. The van der Waals surface area contributed by atoms with E-state index < -0.39 is 5.82 Å². The van der Waals surface area contributed by atoms with E-state index in [0.29, 0.717) is 10.0 Å². The molecule has 0 spiro atoms. The first kappa shape index (κ1) is 17.7. The largest absolute Gasteiger partial charge is 0.206 e. The summed E-state index contributed by atoms with van der Waals surface area (Å²) in [7, 11) is 0. The Morgan fingerprint density at radius 3 is 2.43 bits per heavy atom. The fraction of sp³-hybridized carbons (Fsp3) is 0.300. The van der Waals surface area contributed by atoms with Gasteiger partial charge in [0.1, 0.15) is 11.6 Å². The highest BCUT2D eigenvalue weighted by molar-refractivity contribution is 9.10. The molecule has 2 aromatic rings. The topological polar surface area (TPSA) is 0 Å². The van der Waals surface area contributed by atoms with Crippen molar-refractivity contribution in [2.45, 2.75) is 39.5 Å². The Morgan fingerprint density at radius 2 is 1.78 bits per heavy atom. The second kappa shape index (κ2) is 8.26. The molecule has 0 N–H and O–H groups in total. The predicted octanol–water partition coefficient (Wildman–Crippen LogP) is 6.17. The lowest BCUT2D eigenvalue weighted by Gasteiger charge is -2.06. The van der Waals surface area contributed by atoms with Crippen LogP contribution in [0.15, 0.2) is 34.8 Å². The minimum Gasteiger partial charge on any atom is -0.206 e. The summed E-state index contributed by atoms with van der Waals surface area (Å²) in [5.74, 6) is 4.75. The first-order valence-electron chi connectivity index (χ1n) is 7.77. The minimum atomic E-state index is -0.416. The normalized spacial score (nSPS) is 10.3. The Kier molecular flexibility index (Phi) is 6.36. The van der Waals surface area contributed by atoms with Gasteiger partial charge in [-0.15, -0.1) is 0 Å². The second-order valence-corrected chi connectivity index (χ2v) is 6.52. The van der Waals surface area contributed by atoms with Crippen molar-refractivity contribution in [2.75, 3.05) is 0 Å². The van der Waals surface area contributed by atoms with Gasteiger partial charge in [-0.05, 0) is 55.2 Å². The van der Waals surface area contributed by atoms with E-state index in [1.54, 1.807) is 18.2 Å². The highest BCUT2D eigenvalue weighted by atomic mass is 79.9. The molecule has 0 nitrogen and oxygen atoms in total. The third-order valence-corrected chi connectivity index (χ3v) is 4.16. The van der Waals surface area contributed by atoms with Crippen LogP contribution < -0.4 is 0 Å². The van der Waals surface area contributed by atoms with Crippen molar-refractivity contribution in [2.24, 2.45) is 0 Å². The summed E-state index contributed by atoms with van der Waals surface area (Å²) in [4.78, 5) is 0. The van der Waals surface area contributed by atoms with E-state index in [9.17, 15) is 8.78 Å². The highest BCUT2D eigenvalue weighted by Gasteiger charge is 2.07. The van der Waals surface area contributed by atoms with Crippen molar-refractivity contribution in [3.05, 3.63) is 68.7 Å². The summed E-state index contributed by atoms with van der Waals surface area (Å²) >= 11 is 3.20. The molecule has 0 aliphatic heterocycles. The average Bonchev–Trinajstić information content (AvgIpc) is 2.48. The molecule has 0 saturated carbocycles. The molecular weight excluding hydrogens is 358 g/mol. The lowest BCUT2D eigenvalue weighted by Crippen LogP contribution is -1.95. The van der Waals surface area contributed by atoms with Crippen LogP contribution in [-0.4, -0.2) is 0 Å². The van der Waals surface area contributed by atoms with Gasteiger partial charge >= 0.3 is 0 Å². The number of unbranched alkanes of at least 4 members (excludes halogenated alkanes) is 2. The molecule has 0 heterocycles. The summed E-state index contributed by atoms with van der Waals surface area (Å²) in [6.45, 7) is 3.99. The maximum Gasteiger partial charge on any atom is 0.139 e. The Morgan fingerprint density at radius 1 is 1.00 bits per heavy atom. The summed E-state index contributed by atoms with van der Waals surface area (Å²) in [5, 5.41) is 0. The zero-order chi connectivity index (χ0) is 16.8. The molecule has 3 heteroatoms. The van der Waals surface area contributed by atoms with E-state index >= 15 is 0 Å². The van der Waals surface area contributed by atoms with Crippen LogP contribution in [0, 0.1) is 30.4 Å². The second-order valence-electron chi connectivity index (χ2n) is 5.60. The fourth-order valence-corrected chi connectivity index (χ4v) is 2.75. The number of benzene rings is 2. The molecule has 0 bridgehead atoms. The lowest BCUT2D eigenvalue weighted by atomic mass is 10.0. The van der Waals surface area contributed by atoms with Crippen molar-refractivity contribution >= 4 is 15.9 Å². The molecule has 0 amide bonds. The van der Waals surface area contributed by atoms with Crippen LogP contribution in [0.3, 0.4) is 0 Å². The van der Waals surface area contributed by atoms with Gasteiger partial charge < -0.3 is 0 Å². The van der Waals surface area contributed by atoms with Crippen LogP contribution in [0.1, 0.15) is 48.4 Å². The molecule has 0 saturated heterocycles. The molecule has 0 aliphatic rings. The van der Waals surface area contributed by atoms with Crippen LogP contribution in [0.4, 0.5) is 8.78 Å². The summed E-state index contributed by atoms with van der Waals surface area (Å²) in [6.07, 6.45) is 4.22. The molecule has 2 aromatic carbocycles. The summed E-state index contributed by atoms with van der Waals surface area (Å²) in [6, 6.07) is 8.17. The van der Waals surface area contributed by atoms with E-state index in [4.69, 9.17) is 0 Å². The van der Waals surface area contributed by atoms with Gasteiger partial charge in [0.2, 0.25) is 0 Å². The van der Waals surface area contributed by atoms with Crippen LogP contribution >= 0.6 is 15.9 Å². The standard InChI is InChI=1S/C20H19BrF2/c1-3-4-5-6-15-11-14(2)18(20(23)12-15)10-8-16-7-9-17(21)13-19(16)22/h7,9,11-13H,3-6H2,1-2H3. The van der Waals surface area contributed by atoms with Crippen molar-refractivity contribution < 1.29 is 8.78 Å². The summed E-state index contributed by atoms with van der Waals surface area (Å²) < 4.78 is 28.7. The Bertz CT molecular complexity index is 731. The van der Waals surface area contributed by atoms with Crippen molar-refractivity contribution in [3.8, 4) is 11.8 Å². The van der Waals surface area contributed by atoms with Gasteiger partial charge in [-0.2, -0.15) is 0 Å². The first-order chi connectivity index (χ1) is 11.0. The zero-order valence-electron chi connectivity index (χ0n) is 13.3. The molecule has 23 heavy (non-hydrogen) atoms. The van der Waals surface area contributed by atoms with Crippen molar-refractivity contribution in [1.82, 2.24) is 0 Å². The van der Waals surface area contributed by atoms with E-state index in [0.717, 1.165) is 36.8 Å². The van der Waals surface area contributed by atoms with Gasteiger partial charge in [0.25, 0.3) is 0 Å². The maximum atomic E-state index is 14.3. The summed E-state index contributed by atoms with van der Waals surface area (Å²) in [5.41, 5.74) is 2.39. The van der Waals surface area contributed by atoms with Gasteiger partial charge in [0.05, 0.1) is 11.1 Å². The van der Waals surface area contributed by atoms with E-state index in [1.165, 1.54) is 6.07 Å².